The van der Waals surface area contributed by atoms with Crippen molar-refractivity contribution in [1.29, 1.82) is 0 Å². The van der Waals surface area contributed by atoms with Crippen LogP contribution in [0.4, 0.5) is 0 Å². The number of benzene rings is 2. The molecule has 3 rings (SSSR count). The molecule has 0 radical (unpaired) electrons. The van der Waals surface area contributed by atoms with Crippen LogP contribution in [0.2, 0.25) is 0 Å². The van der Waals surface area contributed by atoms with Gasteiger partial charge in [0.1, 0.15) is 4.90 Å². The molecule has 0 spiro atoms. The molecule has 0 atom stereocenters. The summed E-state index contributed by atoms with van der Waals surface area (Å²) in [6, 6.07) is 10.9. The van der Waals surface area contributed by atoms with Gasteiger partial charge in [-0.3, -0.25) is 0 Å². The summed E-state index contributed by atoms with van der Waals surface area (Å²) in [4.78, 5) is 10.9. The Morgan fingerprint density at radius 1 is 1.16 bits per heavy atom. The van der Waals surface area contributed by atoms with Crippen LogP contribution in [-0.2, 0) is 21.4 Å². The van der Waals surface area contributed by atoms with Crippen molar-refractivity contribution in [3.63, 3.8) is 0 Å². The van der Waals surface area contributed by atoms with E-state index in [1.807, 2.05) is 24.3 Å². The molecule has 1 aliphatic rings. The molecule has 172 valence electrons. The third-order valence-electron chi connectivity index (χ3n) is 5.41. The molecule has 7 nitrogen and oxygen atoms in total. The van der Waals surface area contributed by atoms with Crippen molar-refractivity contribution in [2.75, 3.05) is 14.2 Å². The van der Waals surface area contributed by atoms with Gasteiger partial charge in [0.25, 0.3) is 0 Å². The highest BCUT2D eigenvalue weighted by molar-refractivity contribution is 7.89. The molecule has 1 aliphatic carbocycles. The average Bonchev–Trinajstić information content (AvgIpc) is 3.60. The quantitative estimate of drug-likeness (QED) is 0.533. The van der Waals surface area contributed by atoms with E-state index < -0.39 is 16.0 Å². The topological polar surface area (TPSA) is 93.1 Å². The first-order valence-electron chi connectivity index (χ1n) is 10.4. The second-order valence-corrected chi connectivity index (χ2v) is 9.96. The highest BCUT2D eigenvalue weighted by atomic mass is 32.2. The van der Waals surface area contributed by atoms with Gasteiger partial charge >= 0.3 is 5.97 Å². The summed E-state index contributed by atoms with van der Waals surface area (Å²) in [7, 11) is -1.16. The summed E-state index contributed by atoms with van der Waals surface area (Å²) >= 11 is 0. The lowest BCUT2D eigenvalue weighted by atomic mass is 10.0. The predicted molar refractivity (Wildman–Crippen MR) is 122 cm³/mol. The van der Waals surface area contributed by atoms with Crippen LogP contribution < -0.4 is 9.47 Å². The third kappa shape index (κ3) is 5.31. The lowest BCUT2D eigenvalue weighted by Crippen LogP contribution is -2.33. The first-order valence-corrected chi connectivity index (χ1v) is 11.9. The van der Waals surface area contributed by atoms with Crippen molar-refractivity contribution < 1.29 is 27.8 Å². The standard InChI is InChI=1S/C24H29NO6S/c1-16(2)19-8-5-17(6-9-19)15-25(20-10-11-20)32(28,29)22-14-18(7-12-23(26)27)13-21(30-3)24(22)31-4/h5-9,12-14,16,20H,10-11,15H2,1-4H3,(H,26,27)/b12-7+. The molecule has 2 aromatic carbocycles. The number of nitrogens with zero attached hydrogens (tertiary/aromatic N) is 1. The van der Waals surface area contributed by atoms with E-state index in [4.69, 9.17) is 14.6 Å². The maximum absolute atomic E-state index is 13.8. The van der Waals surface area contributed by atoms with E-state index >= 15 is 0 Å². The molecular formula is C24H29NO6S. The first kappa shape index (κ1) is 23.8. The number of hydrogen-bond acceptors (Lipinski definition) is 5. The van der Waals surface area contributed by atoms with E-state index in [0.717, 1.165) is 24.5 Å². The Labute approximate surface area is 189 Å². The maximum Gasteiger partial charge on any atom is 0.328 e. The second-order valence-electron chi connectivity index (χ2n) is 8.10. The van der Waals surface area contributed by atoms with Crippen LogP contribution in [0.3, 0.4) is 0 Å². The molecule has 0 aromatic heterocycles. The van der Waals surface area contributed by atoms with Crippen LogP contribution in [0.5, 0.6) is 11.5 Å². The van der Waals surface area contributed by atoms with E-state index in [1.165, 1.54) is 36.2 Å². The van der Waals surface area contributed by atoms with Gasteiger partial charge in [0.15, 0.2) is 11.5 Å². The Morgan fingerprint density at radius 2 is 1.81 bits per heavy atom. The zero-order valence-electron chi connectivity index (χ0n) is 18.7. The normalized spacial score (nSPS) is 14.3. The molecule has 2 aromatic rings. The molecule has 8 heteroatoms. The molecule has 0 aliphatic heterocycles. The van der Waals surface area contributed by atoms with Gasteiger partial charge in [-0.2, -0.15) is 4.31 Å². The van der Waals surface area contributed by atoms with Crippen molar-refractivity contribution >= 4 is 22.1 Å². The van der Waals surface area contributed by atoms with Gasteiger partial charge in [0.2, 0.25) is 10.0 Å². The number of carboxylic acid groups (broad SMARTS) is 1. The van der Waals surface area contributed by atoms with Crippen LogP contribution >= 0.6 is 0 Å². The summed E-state index contributed by atoms with van der Waals surface area (Å²) in [6.07, 6.45) is 3.87. The van der Waals surface area contributed by atoms with Gasteiger partial charge in [-0.25, -0.2) is 13.2 Å². The van der Waals surface area contributed by atoms with Crippen molar-refractivity contribution in [3.05, 3.63) is 59.2 Å². The lowest BCUT2D eigenvalue weighted by Gasteiger charge is -2.24. The minimum absolute atomic E-state index is 0.0462. The lowest BCUT2D eigenvalue weighted by molar-refractivity contribution is -0.131. The van der Waals surface area contributed by atoms with Crippen LogP contribution in [0, 0.1) is 0 Å². The summed E-state index contributed by atoms with van der Waals surface area (Å²) in [5, 5.41) is 8.95. The molecule has 1 saturated carbocycles. The van der Waals surface area contributed by atoms with Gasteiger partial charge in [-0.15, -0.1) is 0 Å². The van der Waals surface area contributed by atoms with Gasteiger partial charge in [-0.05, 0) is 53.7 Å². The third-order valence-corrected chi connectivity index (χ3v) is 7.31. The summed E-state index contributed by atoms with van der Waals surface area (Å²) in [6.45, 7) is 4.47. The number of carboxylic acids is 1. The van der Waals surface area contributed by atoms with Crippen LogP contribution in [0.15, 0.2) is 47.4 Å². The largest absolute Gasteiger partial charge is 0.493 e. The second kappa shape index (κ2) is 9.75. The molecule has 1 N–H and O–H groups in total. The zero-order chi connectivity index (χ0) is 23.5. The molecule has 1 fully saturated rings. The van der Waals surface area contributed by atoms with Crippen molar-refractivity contribution in [1.82, 2.24) is 4.31 Å². The fourth-order valence-corrected chi connectivity index (χ4v) is 5.37. The monoisotopic (exact) mass is 459 g/mol. The van der Waals surface area contributed by atoms with E-state index in [-0.39, 0.29) is 29.0 Å². The van der Waals surface area contributed by atoms with E-state index in [0.29, 0.717) is 11.5 Å². The summed E-state index contributed by atoms with van der Waals surface area (Å²) < 4.78 is 39.8. The average molecular weight is 460 g/mol. The van der Waals surface area contributed by atoms with Gasteiger partial charge < -0.3 is 14.6 Å². The van der Waals surface area contributed by atoms with E-state index in [1.54, 1.807) is 6.07 Å². The smallest absolute Gasteiger partial charge is 0.328 e. The molecular weight excluding hydrogens is 430 g/mol. The maximum atomic E-state index is 13.8. The Hall–Kier alpha value is -2.84. The van der Waals surface area contributed by atoms with Crippen molar-refractivity contribution in [3.8, 4) is 11.5 Å². The molecule has 32 heavy (non-hydrogen) atoms. The number of methoxy groups -OCH3 is 2. The number of hydrogen-bond donors (Lipinski definition) is 1. The minimum atomic E-state index is -3.95. The molecule has 0 bridgehead atoms. The molecule has 0 amide bonds. The first-order chi connectivity index (χ1) is 15.2. The van der Waals surface area contributed by atoms with Gasteiger partial charge in [-0.1, -0.05) is 38.1 Å². The number of ether oxygens (including phenoxy) is 2. The Morgan fingerprint density at radius 3 is 2.31 bits per heavy atom. The fraction of sp³-hybridized carbons (Fsp3) is 0.375. The number of aliphatic carboxylic acids is 1. The number of sulfonamides is 1. The molecule has 0 unspecified atom stereocenters. The number of rotatable bonds is 10. The fourth-order valence-electron chi connectivity index (χ4n) is 3.49. The highest BCUT2D eigenvalue weighted by Gasteiger charge is 2.40. The Balaban J connectivity index is 2.04. The van der Waals surface area contributed by atoms with Gasteiger partial charge in [0, 0.05) is 18.7 Å². The highest BCUT2D eigenvalue weighted by Crippen LogP contribution is 2.41. The molecule has 0 saturated heterocycles. The van der Waals surface area contributed by atoms with E-state index in [9.17, 15) is 13.2 Å². The van der Waals surface area contributed by atoms with Crippen LogP contribution in [0.1, 0.15) is 49.3 Å². The Kier molecular flexibility index (Phi) is 7.26. The van der Waals surface area contributed by atoms with Crippen molar-refractivity contribution in [2.45, 2.75) is 50.1 Å². The van der Waals surface area contributed by atoms with Crippen LogP contribution in [-0.4, -0.2) is 44.1 Å². The zero-order valence-corrected chi connectivity index (χ0v) is 19.6. The Bertz CT molecular complexity index is 1100. The predicted octanol–water partition coefficient (Wildman–Crippen LogP) is 4.28. The van der Waals surface area contributed by atoms with E-state index in [2.05, 4.69) is 13.8 Å². The summed E-state index contributed by atoms with van der Waals surface area (Å²) in [5.41, 5.74) is 2.48. The minimum Gasteiger partial charge on any atom is -0.493 e. The number of carbonyl (C=O) groups is 1. The summed E-state index contributed by atoms with van der Waals surface area (Å²) in [5.74, 6) is -0.421. The SMILES string of the molecule is COc1cc(/C=C/C(=O)O)cc(S(=O)(=O)N(Cc2ccc(C(C)C)cc2)C2CC2)c1OC. The molecule has 0 heterocycles. The van der Waals surface area contributed by atoms with Gasteiger partial charge in [0.05, 0.1) is 14.2 Å². The van der Waals surface area contributed by atoms with Crippen LogP contribution in [0.25, 0.3) is 6.08 Å². The van der Waals surface area contributed by atoms with Crippen molar-refractivity contribution in [2.24, 2.45) is 0 Å².